The Morgan fingerprint density at radius 3 is 2.83 bits per heavy atom. The van der Waals surface area contributed by atoms with Crippen molar-refractivity contribution in [3.05, 3.63) is 36.4 Å². The van der Waals surface area contributed by atoms with Gasteiger partial charge in [-0.15, -0.1) is 0 Å². The predicted molar refractivity (Wildman–Crippen MR) is 100.0 cm³/mol. The number of hydrogen-bond acceptors (Lipinski definition) is 3. The van der Waals surface area contributed by atoms with Crippen LogP contribution in [0.1, 0.15) is 19.3 Å². The molecule has 1 heterocycles. The summed E-state index contributed by atoms with van der Waals surface area (Å²) in [6.45, 7) is 3.08. The van der Waals surface area contributed by atoms with Crippen LogP contribution in [-0.2, 0) is 0 Å². The standard InChI is InChI=1S/C19H28N4O/c1-20-19(22-16-7-3-4-8-16)21-13-15-11-12-23(14-15)17-9-5-6-10-18(17)24-2/h3-6,9-10,15-16H,7-8,11-14H2,1-2H3,(H2,20,21,22). The number of rotatable bonds is 5. The lowest BCUT2D eigenvalue weighted by Crippen LogP contribution is -2.44. The summed E-state index contributed by atoms with van der Waals surface area (Å²) in [7, 11) is 3.58. The molecule has 2 aliphatic rings. The van der Waals surface area contributed by atoms with Crippen molar-refractivity contribution < 1.29 is 4.74 Å². The zero-order valence-electron chi connectivity index (χ0n) is 14.7. The van der Waals surface area contributed by atoms with Crippen LogP contribution in [0.15, 0.2) is 41.4 Å². The van der Waals surface area contributed by atoms with Crippen molar-refractivity contribution in [1.82, 2.24) is 10.6 Å². The van der Waals surface area contributed by atoms with E-state index in [0.29, 0.717) is 12.0 Å². The van der Waals surface area contributed by atoms with Gasteiger partial charge >= 0.3 is 0 Å². The van der Waals surface area contributed by atoms with E-state index in [1.807, 2.05) is 19.2 Å². The summed E-state index contributed by atoms with van der Waals surface area (Å²) in [5.74, 6) is 2.49. The van der Waals surface area contributed by atoms with Gasteiger partial charge in [-0.3, -0.25) is 4.99 Å². The molecule has 3 rings (SSSR count). The van der Waals surface area contributed by atoms with Gasteiger partial charge in [0.1, 0.15) is 5.75 Å². The zero-order valence-corrected chi connectivity index (χ0v) is 14.7. The van der Waals surface area contributed by atoms with Crippen LogP contribution in [0.2, 0.25) is 0 Å². The van der Waals surface area contributed by atoms with Gasteiger partial charge < -0.3 is 20.3 Å². The minimum atomic E-state index is 0.491. The first-order chi connectivity index (χ1) is 11.8. The number of nitrogens with zero attached hydrogens (tertiary/aromatic N) is 2. The highest BCUT2D eigenvalue weighted by Gasteiger charge is 2.24. The van der Waals surface area contributed by atoms with Crippen LogP contribution in [0, 0.1) is 5.92 Å². The molecule has 1 aromatic carbocycles. The highest BCUT2D eigenvalue weighted by molar-refractivity contribution is 5.80. The largest absolute Gasteiger partial charge is 0.495 e. The molecule has 0 saturated carbocycles. The maximum Gasteiger partial charge on any atom is 0.191 e. The van der Waals surface area contributed by atoms with Crippen molar-refractivity contribution in [2.45, 2.75) is 25.3 Å². The maximum absolute atomic E-state index is 5.49. The smallest absolute Gasteiger partial charge is 0.191 e. The van der Waals surface area contributed by atoms with Crippen LogP contribution in [-0.4, -0.2) is 45.8 Å². The molecule has 0 radical (unpaired) electrons. The number of aliphatic imine (C=N–C) groups is 1. The van der Waals surface area contributed by atoms with Crippen molar-refractivity contribution in [2.24, 2.45) is 10.9 Å². The lowest BCUT2D eigenvalue weighted by molar-refractivity contribution is 0.414. The van der Waals surface area contributed by atoms with E-state index in [2.05, 4.69) is 44.8 Å². The molecule has 24 heavy (non-hydrogen) atoms. The lowest BCUT2D eigenvalue weighted by atomic mass is 10.1. The second kappa shape index (κ2) is 8.08. The Hall–Kier alpha value is -2.17. The highest BCUT2D eigenvalue weighted by Crippen LogP contribution is 2.31. The summed E-state index contributed by atoms with van der Waals surface area (Å²) >= 11 is 0. The summed E-state index contributed by atoms with van der Waals surface area (Å²) in [4.78, 5) is 6.77. The number of anilines is 1. The fraction of sp³-hybridized carbons (Fsp3) is 0.526. The van der Waals surface area contributed by atoms with Gasteiger partial charge in [0.25, 0.3) is 0 Å². The topological polar surface area (TPSA) is 48.9 Å². The maximum atomic E-state index is 5.49. The Morgan fingerprint density at radius 1 is 1.29 bits per heavy atom. The molecule has 1 aliphatic carbocycles. The van der Waals surface area contributed by atoms with E-state index in [0.717, 1.165) is 44.2 Å². The first-order valence-corrected chi connectivity index (χ1v) is 8.80. The van der Waals surface area contributed by atoms with Crippen molar-refractivity contribution in [1.29, 1.82) is 0 Å². The van der Waals surface area contributed by atoms with Crippen LogP contribution in [0.25, 0.3) is 0 Å². The molecule has 130 valence electrons. The van der Waals surface area contributed by atoms with Crippen molar-refractivity contribution in [3.63, 3.8) is 0 Å². The van der Waals surface area contributed by atoms with Crippen LogP contribution >= 0.6 is 0 Å². The van der Waals surface area contributed by atoms with E-state index < -0.39 is 0 Å². The van der Waals surface area contributed by atoms with Gasteiger partial charge in [-0.05, 0) is 37.3 Å². The third-order valence-corrected chi connectivity index (χ3v) is 4.84. The fourth-order valence-corrected chi connectivity index (χ4v) is 3.47. The Kier molecular flexibility index (Phi) is 5.62. The normalized spacial score (nSPS) is 21.3. The monoisotopic (exact) mass is 328 g/mol. The number of para-hydroxylation sites is 2. The summed E-state index contributed by atoms with van der Waals surface area (Å²) in [5, 5.41) is 6.99. The molecular weight excluding hydrogens is 300 g/mol. The average molecular weight is 328 g/mol. The summed E-state index contributed by atoms with van der Waals surface area (Å²) in [5.41, 5.74) is 1.20. The molecule has 0 aromatic heterocycles. The summed E-state index contributed by atoms with van der Waals surface area (Å²) in [6.07, 6.45) is 7.82. The molecule has 0 bridgehead atoms. The number of methoxy groups -OCH3 is 1. The Balaban J connectivity index is 1.49. The number of nitrogens with one attached hydrogen (secondary N) is 2. The first-order valence-electron chi connectivity index (χ1n) is 8.80. The van der Waals surface area contributed by atoms with Gasteiger partial charge in [0.15, 0.2) is 5.96 Å². The van der Waals surface area contributed by atoms with Gasteiger partial charge in [0.2, 0.25) is 0 Å². The molecule has 1 atom stereocenters. The Labute approximate surface area is 144 Å². The van der Waals surface area contributed by atoms with E-state index in [4.69, 9.17) is 4.74 Å². The van der Waals surface area contributed by atoms with Gasteiger partial charge in [-0.25, -0.2) is 0 Å². The number of guanidine groups is 1. The molecule has 1 aliphatic heterocycles. The second-order valence-corrected chi connectivity index (χ2v) is 6.51. The van der Waals surface area contributed by atoms with Crippen molar-refractivity contribution in [2.75, 3.05) is 38.7 Å². The predicted octanol–water partition coefficient (Wildman–Crippen LogP) is 2.41. The van der Waals surface area contributed by atoms with E-state index >= 15 is 0 Å². The molecule has 5 heteroatoms. The van der Waals surface area contributed by atoms with E-state index in [1.54, 1.807) is 7.11 Å². The minimum Gasteiger partial charge on any atom is -0.495 e. The minimum absolute atomic E-state index is 0.491. The number of ether oxygens (including phenoxy) is 1. The molecular formula is C19H28N4O. The number of benzene rings is 1. The molecule has 1 saturated heterocycles. The molecule has 0 amide bonds. The van der Waals surface area contributed by atoms with Crippen molar-refractivity contribution >= 4 is 11.6 Å². The Bertz CT molecular complexity index is 591. The van der Waals surface area contributed by atoms with Gasteiger partial charge in [-0.2, -0.15) is 0 Å². The van der Waals surface area contributed by atoms with Gasteiger partial charge in [0, 0.05) is 32.7 Å². The number of hydrogen-bond donors (Lipinski definition) is 2. The molecule has 5 nitrogen and oxygen atoms in total. The first kappa shape index (κ1) is 16.7. The molecule has 1 fully saturated rings. The van der Waals surface area contributed by atoms with Crippen LogP contribution in [0.4, 0.5) is 5.69 Å². The van der Waals surface area contributed by atoms with Gasteiger partial charge in [-0.1, -0.05) is 24.3 Å². The average Bonchev–Trinajstić information content (AvgIpc) is 3.30. The van der Waals surface area contributed by atoms with Crippen LogP contribution < -0.4 is 20.3 Å². The summed E-state index contributed by atoms with van der Waals surface area (Å²) in [6, 6.07) is 8.75. The SMILES string of the molecule is CN=C(NCC1CCN(c2ccccc2OC)C1)NC1CC=CC1. The summed E-state index contributed by atoms with van der Waals surface area (Å²) < 4.78 is 5.49. The fourth-order valence-electron chi connectivity index (χ4n) is 3.47. The van der Waals surface area contributed by atoms with Crippen LogP contribution in [0.5, 0.6) is 5.75 Å². The van der Waals surface area contributed by atoms with Crippen LogP contribution in [0.3, 0.4) is 0 Å². The van der Waals surface area contributed by atoms with E-state index in [-0.39, 0.29) is 0 Å². The zero-order chi connectivity index (χ0) is 16.8. The third kappa shape index (κ3) is 4.02. The molecule has 2 N–H and O–H groups in total. The van der Waals surface area contributed by atoms with Crippen molar-refractivity contribution in [3.8, 4) is 5.75 Å². The molecule has 1 unspecified atom stereocenters. The lowest BCUT2D eigenvalue weighted by Gasteiger charge is -2.22. The van der Waals surface area contributed by atoms with E-state index in [9.17, 15) is 0 Å². The third-order valence-electron chi connectivity index (χ3n) is 4.84. The highest BCUT2D eigenvalue weighted by atomic mass is 16.5. The van der Waals surface area contributed by atoms with Gasteiger partial charge in [0.05, 0.1) is 12.8 Å². The quantitative estimate of drug-likeness (QED) is 0.495. The van der Waals surface area contributed by atoms with E-state index in [1.165, 1.54) is 12.1 Å². The second-order valence-electron chi connectivity index (χ2n) is 6.51. The Morgan fingerprint density at radius 2 is 2.08 bits per heavy atom. The molecule has 0 spiro atoms. The molecule has 1 aromatic rings.